The van der Waals surface area contributed by atoms with Crippen LogP contribution in [-0.4, -0.2) is 35.1 Å². The highest BCUT2D eigenvalue weighted by molar-refractivity contribution is 7.22. The van der Waals surface area contributed by atoms with E-state index in [2.05, 4.69) is 20.6 Å². The molecule has 0 aliphatic carbocycles. The maximum atomic E-state index is 14.0. The number of fused-ring (bicyclic) bond motifs is 1. The number of anilines is 4. The Kier molecular flexibility index (Phi) is 6.75. The van der Waals surface area contributed by atoms with Gasteiger partial charge >= 0.3 is 12.2 Å². The number of carbonyl (C=O) groups is 2. The van der Waals surface area contributed by atoms with Gasteiger partial charge in [0.25, 0.3) is 0 Å². The van der Waals surface area contributed by atoms with Gasteiger partial charge in [0.15, 0.2) is 16.9 Å². The van der Waals surface area contributed by atoms with Crippen LogP contribution in [0.25, 0.3) is 10.2 Å². The van der Waals surface area contributed by atoms with E-state index in [1.165, 1.54) is 61.8 Å². The van der Waals surface area contributed by atoms with Crippen molar-refractivity contribution in [2.75, 3.05) is 28.3 Å². The number of rotatable bonds is 5. The van der Waals surface area contributed by atoms with E-state index in [1.54, 1.807) is 0 Å². The van der Waals surface area contributed by atoms with Crippen molar-refractivity contribution in [3.63, 3.8) is 0 Å². The number of nitrogens with one attached hydrogen (secondary N) is 2. The zero-order chi connectivity index (χ0) is 26.0. The van der Waals surface area contributed by atoms with Crippen molar-refractivity contribution in [2.24, 2.45) is 0 Å². The maximum Gasteiger partial charge on any atom is 0.404 e. The predicted molar refractivity (Wildman–Crippen MR) is 130 cm³/mol. The summed E-state index contributed by atoms with van der Waals surface area (Å²) >= 11 is 0.932. The van der Waals surface area contributed by atoms with Crippen LogP contribution in [0.5, 0.6) is 0 Å². The van der Waals surface area contributed by atoms with Gasteiger partial charge in [0.05, 0.1) is 15.9 Å². The Bertz CT molecular complexity index is 1420. The Labute approximate surface area is 205 Å². The summed E-state index contributed by atoms with van der Waals surface area (Å²) in [5, 5.41) is 5.10. The van der Waals surface area contributed by atoms with Gasteiger partial charge in [0.2, 0.25) is 5.91 Å². The molecule has 186 valence electrons. The van der Waals surface area contributed by atoms with Gasteiger partial charge in [-0.05, 0) is 54.1 Å². The molecule has 2 aromatic carbocycles. The molecule has 0 saturated heterocycles. The number of halogens is 4. The average Bonchev–Trinajstić information content (AvgIpc) is 3.21. The third-order valence-corrected chi connectivity index (χ3v) is 6.04. The number of nitrogens with two attached hydrogens (primary N) is 1. The molecule has 36 heavy (non-hydrogen) atoms. The van der Waals surface area contributed by atoms with E-state index in [1.807, 2.05) is 0 Å². The topological polar surface area (TPSA) is 113 Å². The third kappa shape index (κ3) is 5.35. The fraction of sp³-hybridized carbons (Fsp3) is 0.130. The molecule has 13 heteroatoms. The molecule has 0 bridgehead atoms. The van der Waals surface area contributed by atoms with E-state index in [0.29, 0.717) is 15.9 Å². The van der Waals surface area contributed by atoms with Crippen LogP contribution in [0.2, 0.25) is 0 Å². The smallest absolute Gasteiger partial charge is 0.396 e. The molecule has 0 fully saturated rings. The van der Waals surface area contributed by atoms with Gasteiger partial charge in [-0.25, -0.2) is 19.2 Å². The summed E-state index contributed by atoms with van der Waals surface area (Å²) in [6.07, 6.45) is -3.58. The van der Waals surface area contributed by atoms with Crippen molar-refractivity contribution in [3.05, 3.63) is 72.2 Å². The zero-order valence-electron chi connectivity index (χ0n) is 18.5. The normalized spacial score (nSPS) is 12.2. The number of urea groups is 1. The molecule has 0 aliphatic heterocycles. The number of hydrogen-bond donors (Lipinski definition) is 3. The monoisotopic (exact) mass is 518 g/mol. The SMILES string of the molecule is CN(C(=O)[C@@H](c1ccc2nc(NC(=O)Nc3ccc(F)cc3)sc2c1)C(F)(F)F)c1ncccc1N. The van der Waals surface area contributed by atoms with Gasteiger partial charge in [-0.2, -0.15) is 13.2 Å². The fourth-order valence-electron chi connectivity index (χ4n) is 3.43. The minimum absolute atomic E-state index is 0.0572. The largest absolute Gasteiger partial charge is 0.404 e. The summed E-state index contributed by atoms with van der Waals surface area (Å²) in [5.41, 5.74) is 6.20. The number of nitrogens with zero attached hydrogens (tertiary/aromatic N) is 3. The number of benzene rings is 2. The minimum atomic E-state index is -4.90. The summed E-state index contributed by atoms with van der Waals surface area (Å²) < 4.78 is 55.5. The zero-order valence-corrected chi connectivity index (χ0v) is 19.3. The number of nitrogen functional groups attached to an aromatic ring is 1. The standard InChI is InChI=1S/C23H18F4N6O2S/c1-33(19-15(28)3-2-10-29-19)20(34)18(23(25,26)27)12-4-9-16-17(11-12)36-22(31-16)32-21(35)30-14-7-5-13(24)6-8-14/h2-11,18H,28H2,1H3,(H2,30,31,32,35)/t18-/m1/s1. The van der Waals surface area contributed by atoms with Crippen molar-refractivity contribution in [2.45, 2.75) is 12.1 Å². The third-order valence-electron chi connectivity index (χ3n) is 5.11. The molecule has 8 nitrogen and oxygen atoms in total. The van der Waals surface area contributed by atoms with Crippen molar-refractivity contribution in [3.8, 4) is 0 Å². The molecule has 4 aromatic rings. The van der Waals surface area contributed by atoms with E-state index in [4.69, 9.17) is 5.73 Å². The maximum absolute atomic E-state index is 14.0. The van der Waals surface area contributed by atoms with Gasteiger partial charge in [-0.3, -0.25) is 15.0 Å². The molecular formula is C23H18F4N6O2S. The van der Waals surface area contributed by atoms with Crippen LogP contribution in [0, 0.1) is 5.82 Å². The van der Waals surface area contributed by atoms with Gasteiger partial charge in [0, 0.05) is 18.9 Å². The second kappa shape index (κ2) is 9.77. The van der Waals surface area contributed by atoms with Gasteiger partial charge in [-0.1, -0.05) is 17.4 Å². The van der Waals surface area contributed by atoms with E-state index in [9.17, 15) is 27.2 Å². The number of thiazole rings is 1. The van der Waals surface area contributed by atoms with E-state index in [-0.39, 0.29) is 22.2 Å². The second-order valence-electron chi connectivity index (χ2n) is 7.62. The molecule has 0 unspecified atom stereocenters. The number of amides is 3. The summed E-state index contributed by atoms with van der Waals surface area (Å²) in [6.45, 7) is 0. The molecule has 0 aliphatic rings. The first kappa shape index (κ1) is 24.9. The van der Waals surface area contributed by atoms with Crippen LogP contribution < -0.4 is 21.3 Å². The average molecular weight is 518 g/mol. The number of alkyl halides is 3. The lowest BCUT2D eigenvalue weighted by Gasteiger charge is -2.26. The van der Waals surface area contributed by atoms with E-state index >= 15 is 0 Å². The highest BCUT2D eigenvalue weighted by Crippen LogP contribution is 2.39. The summed E-state index contributed by atoms with van der Waals surface area (Å²) in [6, 6.07) is 11.1. The highest BCUT2D eigenvalue weighted by Gasteiger charge is 2.47. The number of hydrogen-bond acceptors (Lipinski definition) is 6. The number of likely N-dealkylation sites (N-methyl/N-ethyl adjacent to an activating group) is 1. The first-order valence-electron chi connectivity index (χ1n) is 10.3. The Hall–Kier alpha value is -4.26. The first-order valence-corrected chi connectivity index (χ1v) is 11.1. The van der Waals surface area contributed by atoms with Crippen molar-refractivity contribution in [1.29, 1.82) is 0 Å². The number of carbonyl (C=O) groups excluding carboxylic acids is 2. The highest BCUT2D eigenvalue weighted by atomic mass is 32.1. The molecule has 2 heterocycles. The molecule has 4 N–H and O–H groups in total. The molecule has 3 amide bonds. The lowest BCUT2D eigenvalue weighted by Crippen LogP contribution is -2.39. The molecular weight excluding hydrogens is 500 g/mol. The van der Waals surface area contributed by atoms with Crippen LogP contribution in [0.15, 0.2) is 60.8 Å². The van der Waals surface area contributed by atoms with Crippen molar-refractivity contribution in [1.82, 2.24) is 9.97 Å². The molecule has 2 aromatic heterocycles. The Balaban J connectivity index is 1.58. The summed E-state index contributed by atoms with van der Waals surface area (Å²) in [7, 11) is 1.17. The van der Waals surface area contributed by atoms with Crippen LogP contribution in [0.3, 0.4) is 0 Å². The summed E-state index contributed by atoms with van der Waals surface area (Å²) in [4.78, 5) is 34.0. The van der Waals surface area contributed by atoms with Crippen molar-refractivity contribution >= 4 is 55.8 Å². The first-order chi connectivity index (χ1) is 17.0. The molecule has 0 spiro atoms. The lowest BCUT2D eigenvalue weighted by molar-refractivity contribution is -0.163. The van der Waals surface area contributed by atoms with Gasteiger partial charge in [0.1, 0.15) is 5.82 Å². The molecule has 0 radical (unpaired) electrons. The van der Waals surface area contributed by atoms with E-state index in [0.717, 1.165) is 22.3 Å². The molecule has 1 atom stereocenters. The van der Waals surface area contributed by atoms with Crippen LogP contribution in [-0.2, 0) is 4.79 Å². The minimum Gasteiger partial charge on any atom is -0.396 e. The lowest BCUT2D eigenvalue weighted by atomic mass is 9.96. The summed E-state index contributed by atoms with van der Waals surface area (Å²) in [5.74, 6) is -4.29. The molecule has 0 saturated carbocycles. The van der Waals surface area contributed by atoms with E-state index < -0.39 is 29.8 Å². The quantitative estimate of drug-likeness (QED) is 0.308. The second-order valence-corrected chi connectivity index (χ2v) is 8.65. The Morgan fingerprint density at radius 2 is 1.81 bits per heavy atom. The van der Waals surface area contributed by atoms with Crippen LogP contribution >= 0.6 is 11.3 Å². The predicted octanol–water partition coefficient (Wildman–Crippen LogP) is 5.37. The van der Waals surface area contributed by atoms with Crippen molar-refractivity contribution < 1.29 is 27.2 Å². The Morgan fingerprint density at radius 1 is 1.08 bits per heavy atom. The fourth-order valence-corrected chi connectivity index (χ4v) is 4.34. The molecule has 4 rings (SSSR count). The number of pyridine rings is 1. The number of aromatic nitrogens is 2. The van der Waals surface area contributed by atoms with Gasteiger partial charge in [-0.15, -0.1) is 0 Å². The van der Waals surface area contributed by atoms with Crippen LogP contribution in [0.1, 0.15) is 11.5 Å². The Morgan fingerprint density at radius 3 is 2.47 bits per heavy atom. The van der Waals surface area contributed by atoms with Gasteiger partial charge < -0.3 is 11.1 Å². The van der Waals surface area contributed by atoms with Crippen LogP contribution in [0.4, 0.5) is 44.7 Å².